The van der Waals surface area contributed by atoms with Crippen LogP contribution in [0.4, 0.5) is 0 Å². The third-order valence-electron chi connectivity index (χ3n) is 3.74. The van der Waals surface area contributed by atoms with Crippen LogP contribution >= 0.6 is 24.0 Å². The largest absolute Gasteiger partial charge is 0.497 e. The van der Waals surface area contributed by atoms with Gasteiger partial charge in [-0.05, 0) is 50.3 Å². The molecule has 0 aromatic heterocycles. The van der Waals surface area contributed by atoms with Crippen molar-refractivity contribution in [3.63, 3.8) is 0 Å². The molecule has 0 aliphatic heterocycles. The summed E-state index contributed by atoms with van der Waals surface area (Å²) >= 11 is 0. The Kier molecular flexibility index (Phi) is 11.9. The normalized spacial score (nSPS) is 12.5. The number of guanidine groups is 1. The van der Waals surface area contributed by atoms with E-state index in [1.807, 2.05) is 12.1 Å². The van der Waals surface area contributed by atoms with Crippen molar-refractivity contribution >= 4 is 29.9 Å². The smallest absolute Gasteiger partial charge is 0.191 e. The number of nitrogens with zero attached hydrogens (tertiary/aromatic N) is 1. The fourth-order valence-corrected chi connectivity index (χ4v) is 2.00. The van der Waals surface area contributed by atoms with Crippen LogP contribution in [-0.4, -0.2) is 32.2 Å². The van der Waals surface area contributed by atoms with Gasteiger partial charge in [-0.25, -0.2) is 0 Å². The Labute approximate surface area is 158 Å². The predicted octanol–water partition coefficient (Wildman–Crippen LogP) is 3.85. The number of nitrogens with one attached hydrogen (secondary N) is 2. The average Bonchev–Trinajstić information content (AvgIpc) is 2.51. The van der Waals surface area contributed by atoms with E-state index in [2.05, 4.69) is 55.5 Å². The van der Waals surface area contributed by atoms with Crippen molar-refractivity contribution in [3.8, 4) is 5.75 Å². The number of aryl methyl sites for hydroxylation is 1. The van der Waals surface area contributed by atoms with Crippen molar-refractivity contribution in [1.82, 2.24) is 10.6 Å². The predicted molar refractivity (Wildman–Crippen MR) is 110 cm³/mol. The van der Waals surface area contributed by atoms with E-state index in [0.717, 1.165) is 37.6 Å². The molecule has 0 heterocycles. The maximum Gasteiger partial charge on any atom is 0.191 e. The lowest BCUT2D eigenvalue weighted by Crippen LogP contribution is -2.44. The SMILES string of the molecule is CCNC(=NCCCc1cccc(OC)c1)NC(C)C(C)C.I. The van der Waals surface area contributed by atoms with Gasteiger partial charge in [0.1, 0.15) is 5.75 Å². The summed E-state index contributed by atoms with van der Waals surface area (Å²) in [5, 5.41) is 6.76. The molecule has 1 atom stereocenters. The van der Waals surface area contributed by atoms with Crippen LogP contribution < -0.4 is 15.4 Å². The van der Waals surface area contributed by atoms with E-state index in [4.69, 9.17) is 4.74 Å². The van der Waals surface area contributed by atoms with Gasteiger partial charge < -0.3 is 15.4 Å². The second-order valence-electron chi connectivity index (χ2n) is 5.89. The third kappa shape index (κ3) is 9.03. The maximum atomic E-state index is 5.25. The summed E-state index contributed by atoms with van der Waals surface area (Å²) in [5.41, 5.74) is 1.29. The number of ether oxygens (including phenoxy) is 1. The van der Waals surface area contributed by atoms with E-state index in [-0.39, 0.29) is 24.0 Å². The van der Waals surface area contributed by atoms with E-state index in [9.17, 15) is 0 Å². The van der Waals surface area contributed by atoms with Gasteiger partial charge in [-0.3, -0.25) is 4.99 Å². The summed E-state index contributed by atoms with van der Waals surface area (Å²) in [6.45, 7) is 10.4. The Morgan fingerprint density at radius 3 is 2.61 bits per heavy atom. The van der Waals surface area contributed by atoms with E-state index in [1.165, 1.54) is 5.56 Å². The Morgan fingerprint density at radius 2 is 2.00 bits per heavy atom. The lowest BCUT2D eigenvalue weighted by Gasteiger charge is -2.20. The zero-order valence-electron chi connectivity index (χ0n) is 15.1. The molecule has 0 aliphatic carbocycles. The molecule has 0 spiro atoms. The first-order valence-corrected chi connectivity index (χ1v) is 8.24. The maximum absolute atomic E-state index is 5.25. The highest BCUT2D eigenvalue weighted by molar-refractivity contribution is 14.0. The highest BCUT2D eigenvalue weighted by atomic mass is 127. The monoisotopic (exact) mass is 433 g/mol. The number of methoxy groups -OCH3 is 1. The van der Waals surface area contributed by atoms with Gasteiger partial charge in [-0.2, -0.15) is 0 Å². The molecule has 0 amide bonds. The number of hydrogen-bond acceptors (Lipinski definition) is 2. The molecule has 0 fully saturated rings. The van der Waals surface area contributed by atoms with E-state index >= 15 is 0 Å². The Balaban J connectivity index is 0.00000484. The van der Waals surface area contributed by atoms with Crippen LogP contribution in [0.5, 0.6) is 5.75 Å². The second-order valence-corrected chi connectivity index (χ2v) is 5.89. The molecule has 1 rings (SSSR count). The highest BCUT2D eigenvalue weighted by Gasteiger charge is 2.08. The van der Waals surface area contributed by atoms with Crippen LogP contribution in [0.15, 0.2) is 29.3 Å². The van der Waals surface area contributed by atoms with Crippen LogP contribution in [0.25, 0.3) is 0 Å². The first-order chi connectivity index (χ1) is 10.6. The topological polar surface area (TPSA) is 45.7 Å². The van der Waals surface area contributed by atoms with Crippen LogP contribution in [0, 0.1) is 5.92 Å². The van der Waals surface area contributed by atoms with Crippen molar-refractivity contribution in [2.24, 2.45) is 10.9 Å². The summed E-state index contributed by atoms with van der Waals surface area (Å²) in [4.78, 5) is 4.66. The molecule has 132 valence electrons. The van der Waals surface area contributed by atoms with Crippen molar-refractivity contribution in [2.75, 3.05) is 20.2 Å². The minimum Gasteiger partial charge on any atom is -0.497 e. The summed E-state index contributed by atoms with van der Waals surface area (Å²) in [6, 6.07) is 8.65. The first-order valence-electron chi connectivity index (χ1n) is 8.24. The molecule has 0 bridgehead atoms. The molecule has 0 saturated heterocycles. The molecule has 2 N–H and O–H groups in total. The number of aliphatic imine (C=N–C) groups is 1. The third-order valence-corrected chi connectivity index (χ3v) is 3.74. The molecule has 0 radical (unpaired) electrons. The Bertz CT molecular complexity index is 463. The molecule has 4 nitrogen and oxygen atoms in total. The highest BCUT2D eigenvalue weighted by Crippen LogP contribution is 2.13. The summed E-state index contributed by atoms with van der Waals surface area (Å²) < 4.78 is 5.25. The van der Waals surface area contributed by atoms with E-state index in [0.29, 0.717) is 12.0 Å². The molecule has 1 unspecified atom stereocenters. The molecular formula is C18H32IN3O. The van der Waals surface area contributed by atoms with Gasteiger partial charge in [0.25, 0.3) is 0 Å². The molecule has 1 aromatic carbocycles. The average molecular weight is 433 g/mol. The van der Waals surface area contributed by atoms with Crippen LogP contribution in [0.1, 0.15) is 39.7 Å². The molecule has 0 saturated carbocycles. The summed E-state index contributed by atoms with van der Waals surface area (Å²) in [7, 11) is 1.70. The number of benzene rings is 1. The van der Waals surface area contributed by atoms with Crippen molar-refractivity contribution < 1.29 is 4.74 Å². The quantitative estimate of drug-likeness (QED) is 0.283. The van der Waals surface area contributed by atoms with Gasteiger partial charge in [0, 0.05) is 19.1 Å². The van der Waals surface area contributed by atoms with Crippen LogP contribution in [0.2, 0.25) is 0 Å². The standard InChI is InChI=1S/C18H31N3O.HI/c1-6-19-18(21-15(4)14(2)3)20-12-8-10-16-9-7-11-17(13-16)22-5;/h7,9,11,13-15H,6,8,10,12H2,1-5H3,(H2,19,20,21);1H. The summed E-state index contributed by atoms with van der Waals surface area (Å²) in [6.07, 6.45) is 2.04. The summed E-state index contributed by atoms with van der Waals surface area (Å²) in [5.74, 6) is 2.41. The lowest BCUT2D eigenvalue weighted by molar-refractivity contribution is 0.414. The van der Waals surface area contributed by atoms with Gasteiger partial charge >= 0.3 is 0 Å². The van der Waals surface area contributed by atoms with Crippen molar-refractivity contribution in [2.45, 2.75) is 46.6 Å². The van der Waals surface area contributed by atoms with Gasteiger partial charge in [0.05, 0.1) is 7.11 Å². The zero-order chi connectivity index (χ0) is 16.4. The van der Waals surface area contributed by atoms with E-state index in [1.54, 1.807) is 7.11 Å². The molecule has 5 heteroatoms. The Hall–Kier alpha value is -0.980. The van der Waals surface area contributed by atoms with Crippen LogP contribution in [-0.2, 0) is 6.42 Å². The molecule has 0 aliphatic rings. The molecule has 1 aromatic rings. The Morgan fingerprint density at radius 1 is 1.26 bits per heavy atom. The van der Waals surface area contributed by atoms with Gasteiger partial charge in [-0.1, -0.05) is 26.0 Å². The minimum absolute atomic E-state index is 0. The second kappa shape index (κ2) is 12.4. The number of halogens is 1. The minimum atomic E-state index is 0. The van der Waals surface area contributed by atoms with Crippen LogP contribution in [0.3, 0.4) is 0 Å². The fraction of sp³-hybridized carbons (Fsp3) is 0.611. The van der Waals surface area contributed by atoms with E-state index < -0.39 is 0 Å². The number of rotatable bonds is 8. The van der Waals surface area contributed by atoms with Crippen molar-refractivity contribution in [1.29, 1.82) is 0 Å². The van der Waals surface area contributed by atoms with Gasteiger partial charge in [-0.15, -0.1) is 24.0 Å². The molecular weight excluding hydrogens is 401 g/mol. The first kappa shape index (κ1) is 22.0. The molecule has 23 heavy (non-hydrogen) atoms. The van der Waals surface area contributed by atoms with Crippen molar-refractivity contribution in [3.05, 3.63) is 29.8 Å². The zero-order valence-corrected chi connectivity index (χ0v) is 17.4. The van der Waals surface area contributed by atoms with Gasteiger partial charge in [0.2, 0.25) is 0 Å². The number of hydrogen-bond donors (Lipinski definition) is 2. The fourth-order valence-electron chi connectivity index (χ4n) is 2.00. The van der Waals surface area contributed by atoms with Gasteiger partial charge in [0.15, 0.2) is 5.96 Å². The lowest BCUT2D eigenvalue weighted by atomic mass is 10.1.